The van der Waals surface area contributed by atoms with Crippen molar-refractivity contribution < 1.29 is 19.8 Å². The molecule has 1 rings (SSSR count). The van der Waals surface area contributed by atoms with Crippen molar-refractivity contribution in [3.63, 3.8) is 0 Å². The summed E-state index contributed by atoms with van der Waals surface area (Å²) in [6.07, 6.45) is 3.87. The fourth-order valence-corrected chi connectivity index (χ4v) is 0.961. The molecule has 0 aliphatic heterocycles. The topological polar surface area (TPSA) is 0 Å². The van der Waals surface area contributed by atoms with Crippen LogP contribution in [-0.2, 0) is 26.2 Å². The number of rotatable bonds is 3. The second-order valence-electron chi connectivity index (χ2n) is 2.40. The molecule has 0 bridgehead atoms. The molecule has 1 aromatic carbocycles. The van der Waals surface area contributed by atoms with Gasteiger partial charge in [0.15, 0.2) is 0 Å². The first-order valence-electron chi connectivity index (χ1n) is 3.64. The van der Waals surface area contributed by atoms with Crippen molar-refractivity contribution in [2.24, 2.45) is 0 Å². The minimum atomic E-state index is 0. The summed E-state index contributed by atoms with van der Waals surface area (Å²) in [5, 5.41) is 0. The van der Waals surface area contributed by atoms with E-state index in [0.29, 0.717) is 0 Å². The Morgan fingerprint density at radius 2 is 1.80 bits per heavy atom. The summed E-state index contributed by atoms with van der Waals surface area (Å²) in [4.78, 5) is 0. The van der Waals surface area contributed by atoms with E-state index >= 15 is 0 Å². The summed E-state index contributed by atoms with van der Waals surface area (Å²) in [6, 6.07) is 8.58. The predicted octanol–water partition coefficient (Wildman–Crippen LogP) is 2.75. The van der Waals surface area contributed by atoms with Crippen LogP contribution < -0.4 is 0 Å². The van der Waals surface area contributed by atoms with Crippen LogP contribution in [0.1, 0.15) is 25.3 Å². The molecule has 1 radical (unpaired) electrons. The number of unbranched alkanes of at least 4 members (excludes halogenated alkanes) is 1. The van der Waals surface area contributed by atoms with Crippen LogP contribution in [0.25, 0.3) is 0 Å². The van der Waals surface area contributed by atoms with Gasteiger partial charge < -0.3 is 0 Å². The summed E-state index contributed by atoms with van der Waals surface area (Å²) in [6.45, 7) is 2.23. The van der Waals surface area contributed by atoms with Crippen LogP contribution in [0.4, 0.5) is 0 Å². The van der Waals surface area contributed by atoms with Crippen molar-refractivity contribution in [3.8, 4) is 0 Å². The van der Waals surface area contributed by atoms with Crippen molar-refractivity contribution in [2.45, 2.75) is 26.2 Å². The molecule has 0 fully saturated rings. The van der Waals surface area contributed by atoms with E-state index in [1.807, 2.05) is 0 Å². The molecule has 0 atom stereocenters. The molecule has 57 valence electrons. The Bertz CT molecular complexity index is 142. The Labute approximate surface area is 76.1 Å². The van der Waals surface area contributed by atoms with Crippen molar-refractivity contribution in [1.29, 1.82) is 0 Å². The van der Waals surface area contributed by atoms with Gasteiger partial charge in [-0.15, -0.1) is 0 Å². The van der Waals surface area contributed by atoms with Gasteiger partial charge in [-0.3, -0.25) is 0 Å². The van der Waals surface area contributed by atoms with Crippen LogP contribution in [0.15, 0.2) is 24.3 Å². The van der Waals surface area contributed by atoms with Gasteiger partial charge in [0.2, 0.25) is 0 Å². The van der Waals surface area contributed by atoms with Crippen molar-refractivity contribution >= 4 is 0 Å². The van der Waals surface area contributed by atoms with Gasteiger partial charge in [0.25, 0.3) is 0 Å². The van der Waals surface area contributed by atoms with E-state index in [2.05, 4.69) is 31.2 Å². The first kappa shape index (κ1) is 9.99. The molecule has 0 nitrogen and oxygen atoms in total. The van der Waals surface area contributed by atoms with Crippen molar-refractivity contribution in [1.82, 2.24) is 0 Å². The fourth-order valence-electron chi connectivity index (χ4n) is 0.961. The predicted molar refractivity (Wildman–Crippen MR) is 40.6 cm³/mol. The second kappa shape index (κ2) is 5.75. The average molecular weight is 311 g/mol. The standard InChI is InChI=1S/C9H13.Os/c1-2-3-6-9-7-4-5-8-9;/h4-5,7-8H,2-3,6H2,1H3;/q-1;+1. The van der Waals surface area contributed by atoms with Crippen LogP contribution in [0.2, 0.25) is 0 Å². The largest absolute Gasteiger partial charge is 1.00 e. The Morgan fingerprint density at radius 3 is 2.30 bits per heavy atom. The van der Waals surface area contributed by atoms with Crippen LogP contribution in [-0.4, -0.2) is 0 Å². The molecule has 1 aromatic rings. The van der Waals surface area contributed by atoms with Crippen molar-refractivity contribution in [2.75, 3.05) is 0 Å². The first-order valence-corrected chi connectivity index (χ1v) is 3.64. The van der Waals surface area contributed by atoms with E-state index in [4.69, 9.17) is 0 Å². The van der Waals surface area contributed by atoms with E-state index in [-0.39, 0.29) is 19.8 Å². The Morgan fingerprint density at radius 1 is 1.20 bits per heavy atom. The molecule has 0 amide bonds. The summed E-state index contributed by atoms with van der Waals surface area (Å²) in [5.74, 6) is 0. The Kier molecular flexibility index (Phi) is 5.74. The van der Waals surface area contributed by atoms with Crippen LogP contribution in [0, 0.1) is 0 Å². The molecule has 0 saturated heterocycles. The number of hydrogen-bond acceptors (Lipinski definition) is 0. The van der Waals surface area contributed by atoms with E-state index in [1.54, 1.807) is 0 Å². The number of aryl methyl sites for hydroxylation is 1. The summed E-state index contributed by atoms with van der Waals surface area (Å²) in [5.41, 5.74) is 1.48. The molecule has 0 N–H and O–H groups in total. The Hall–Kier alpha value is -0.0136. The first-order chi connectivity index (χ1) is 4.43. The van der Waals surface area contributed by atoms with Gasteiger partial charge in [0.1, 0.15) is 0 Å². The van der Waals surface area contributed by atoms with E-state index in [1.165, 1.54) is 24.8 Å². The average Bonchev–Trinajstić information content (AvgIpc) is 2.34. The minimum Gasteiger partial charge on any atom is -0.213 e. The van der Waals surface area contributed by atoms with Crippen LogP contribution in [0.3, 0.4) is 0 Å². The molecule has 0 saturated carbocycles. The van der Waals surface area contributed by atoms with E-state index < -0.39 is 0 Å². The smallest absolute Gasteiger partial charge is 0.213 e. The molecule has 0 aliphatic rings. The Balaban J connectivity index is 0.000000810. The van der Waals surface area contributed by atoms with Crippen LogP contribution >= 0.6 is 0 Å². The molecule has 0 aliphatic carbocycles. The van der Waals surface area contributed by atoms with Crippen molar-refractivity contribution in [3.05, 3.63) is 29.8 Å². The summed E-state index contributed by atoms with van der Waals surface area (Å²) >= 11 is 0. The van der Waals surface area contributed by atoms with Gasteiger partial charge in [0, 0.05) is 0 Å². The van der Waals surface area contributed by atoms with Crippen LogP contribution in [0.5, 0.6) is 0 Å². The van der Waals surface area contributed by atoms with Gasteiger partial charge in [-0.2, -0.15) is 17.7 Å². The summed E-state index contributed by atoms with van der Waals surface area (Å²) in [7, 11) is 0. The van der Waals surface area contributed by atoms with Gasteiger partial charge >= 0.3 is 19.8 Å². The van der Waals surface area contributed by atoms with Gasteiger partial charge in [-0.25, -0.2) is 12.1 Å². The zero-order valence-electron chi connectivity index (χ0n) is 6.28. The number of hydrogen-bond donors (Lipinski definition) is 0. The van der Waals surface area contributed by atoms with E-state index in [9.17, 15) is 0 Å². The van der Waals surface area contributed by atoms with E-state index in [0.717, 1.165) is 0 Å². The second-order valence-corrected chi connectivity index (χ2v) is 2.40. The molecule has 0 spiro atoms. The molecule has 10 heavy (non-hydrogen) atoms. The maximum absolute atomic E-state index is 2.23. The molecular weight excluding hydrogens is 298 g/mol. The third kappa shape index (κ3) is 3.23. The normalized spacial score (nSPS) is 8.90. The minimum absolute atomic E-state index is 0. The third-order valence-corrected chi connectivity index (χ3v) is 1.55. The quantitative estimate of drug-likeness (QED) is 0.753. The monoisotopic (exact) mass is 313 g/mol. The molecule has 0 unspecified atom stereocenters. The third-order valence-electron chi connectivity index (χ3n) is 1.55. The molecule has 0 heterocycles. The zero-order chi connectivity index (χ0) is 6.53. The van der Waals surface area contributed by atoms with Gasteiger partial charge in [-0.1, -0.05) is 26.2 Å². The maximum Gasteiger partial charge on any atom is 1.00 e. The van der Waals surface area contributed by atoms with Gasteiger partial charge in [0.05, 0.1) is 0 Å². The molecule has 1 heteroatoms. The molecule has 0 aromatic heterocycles. The van der Waals surface area contributed by atoms with Gasteiger partial charge in [-0.05, 0) is 0 Å². The maximum atomic E-state index is 2.23. The SMILES string of the molecule is CCCC[c-]1cccc1.[Os+]. The summed E-state index contributed by atoms with van der Waals surface area (Å²) < 4.78 is 0. The zero-order valence-corrected chi connectivity index (χ0v) is 8.82. The fraction of sp³-hybridized carbons (Fsp3) is 0.444. The molecular formula is C9H13Os.